The van der Waals surface area contributed by atoms with Crippen LogP contribution in [0, 0.1) is 5.92 Å². The van der Waals surface area contributed by atoms with E-state index in [1.54, 1.807) is 13.8 Å². The molecule has 0 saturated carbocycles. The van der Waals surface area contributed by atoms with Crippen molar-refractivity contribution >= 4 is 17.5 Å². The van der Waals surface area contributed by atoms with Gasteiger partial charge in [-0.3, -0.25) is 9.59 Å². The van der Waals surface area contributed by atoms with Gasteiger partial charge in [0.25, 0.3) is 5.91 Å². The average molecular weight is 303 g/mol. The SMILES string of the molecule is CC(C)C(NC(=O)c1cccc(C(F)(F)F)c1N)C(N)=O. The molecule has 0 bridgehead atoms. The van der Waals surface area contributed by atoms with Gasteiger partial charge in [-0.05, 0) is 18.1 Å². The lowest BCUT2D eigenvalue weighted by Crippen LogP contribution is -2.47. The van der Waals surface area contributed by atoms with Gasteiger partial charge in [-0.15, -0.1) is 0 Å². The van der Waals surface area contributed by atoms with Crippen molar-refractivity contribution in [3.05, 3.63) is 29.3 Å². The number of benzene rings is 1. The van der Waals surface area contributed by atoms with Gasteiger partial charge >= 0.3 is 6.18 Å². The minimum atomic E-state index is -4.67. The van der Waals surface area contributed by atoms with E-state index in [1.807, 2.05) is 0 Å². The second-order valence-electron chi connectivity index (χ2n) is 4.86. The molecule has 0 spiro atoms. The lowest BCUT2D eigenvalue weighted by Gasteiger charge is -2.20. The van der Waals surface area contributed by atoms with Crippen LogP contribution in [0.3, 0.4) is 0 Å². The molecular formula is C13H16F3N3O2. The molecule has 0 fully saturated rings. The second kappa shape index (κ2) is 6.02. The minimum absolute atomic E-state index is 0.307. The molecular weight excluding hydrogens is 287 g/mol. The van der Waals surface area contributed by atoms with Gasteiger partial charge < -0.3 is 16.8 Å². The number of carbonyl (C=O) groups excluding carboxylic acids is 2. The first kappa shape index (κ1) is 16.8. The number of carbonyl (C=O) groups is 2. The molecule has 8 heteroatoms. The Labute approximate surface area is 119 Å². The van der Waals surface area contributed by atoms with Crippen LogP contribution in [0.15, 0.2) is 18.2 Å². The monoisotopic (exact) mass is 303 g/mol. The molecule has 0 saturated heterocycles. The molecule has 0 aliphatic rings. The van der Waals surface area contributed by atoms with Gasteiger partial charge in [-0.1, -0.05) is 19.9 Å². The molecule has 0 heterocycles. The molecule has 5 nitrogen and oxygen atoms in total. The molecule has 1 rings (SSSR count). The van der Waals surface area contributed by atoms with Gasteiger partial charge in [0, 0.05) is 0 Å². The predicted molar refractivity (Wildman–Crippen MR) is 71.1 cm³/mol. The highest BCUT2D eigenvalue weighted by molar-refractivity contribution is 6.01. The minimum Gasteiger partial charge on any atom is -0.398 e. The third-order valence-electron chi connectivity index (χ3n) is 2.92. The highest BCUT2D eigenvalue weighted by Crippen LogP contribution is 2.34. The quantitative estimate of drug-likeness (QED) is 0.736. The van der Waals surface area contributed by atoms with Crippen LogP contribution in [0.5, 0.6) is 0 Å². The van der Waals surface area contributed by atoms with Crippen LogP contribution in [0.1, 0.15) is 29.8 Å². The van der Waals surface area contributed by atoms with E-state index in [0.717, 1.165) is 18.2 Å². The Bertz CT molecular complexity index is 556. The van der Waals surface area contributed by atoms with Gasteiger partial charge in [0.05, 0.1) is 16.8 Å². The first-order chi connectivity index (χ1) is 9.55. The maximum absolute atomic E-state index is 12.7. The normalized spacial score (nSPS) is 13.0. The van der Waals surface area contributed by atoms with Crippen LogP contribution in [-0.4, -0.2) is 17.9 Å². The third-order valence-corrected chi connectivity index (χ3v) is 2.92. The van der Waals surface area contributed by atoms with Crippen molar-refractivity contribution < 1.29 is 22.8 Å². The highest BCUT2D eigenvalue weighted by Gasteiger charge is 2.34. The molecule has 0 aliphatic carbocycles. The van der Waals surface area contributed by atoms with Crippen LogP contribution in [-0.2, 0) is 11.0 Å². The zero-order chi connectivity index (χ0) is 16.4. The number of primary amides is 1. The predicted octanol–water partition coefficient (Wildman–Crippen LogP) is 1.53. The van der Waals surface area contributed by atoms with E-state index in [0.29, 0.717) is 0 Å². The van der Waals surface area contributed by atoms with E-state index in [9.17, 15) is 22.8 Å². The summed E-state index contributed by atoms with van der Waals surface area (Å²) in [6, 6.07) is 2.01. The van der Waals surface area contributed by atoms with E-state index in [1.165, 1.54) is 0 Å². The first-order valence-corrected chi connectivity index (χ1v) is 6.11. The number of nitrogens with two attached hydrogens (primary N) is 2. The Kier molecular flexibility index (Phi) is 4.82. The number of hydrogen-bond acceptors (Lipinski definition) is 3. The summed E-state index contributed by atoms with van der Waals surface area (Å²) in [7, 11) is 0. The first-order valence-electron chi connectivity index (χ1n) is 6.11. The average Bonchev–Trinajstić information content (AvgIpc) is 2.33. The standard InChI is InChI=1S/C13H16F3N3O2/c1-6(2)10(11(18)20)19-12(21)7-4-3-5-8(9(7)17)13(14,15)16/h3-6,10H,17H2,1-2H3,(H2,18,20)(H,19,21). The number of nitrogens with one attached hydrogen (secondary N) is 1. The summed E-state index contributed by atoms with van der Waals surface area (Å²) in [5.41, 5.74) is 8.40. The highest BCUT2D eigenvalue weighted by atomic mass is 19.4. The number of nitrogen functional groups attached to an aromatic ring is 1. The molecule has 5 N–H and O–H groups in total. The van der Waals surface area contributed by atoms with Crippen LogP contribution >= 0.6 is 0 Å². The van der Waals surface area contributed by atoms with Crippen LogP contribution in [0.25, 0.3) is 0 Å². The molecule has 116 valence electrons. The van der Waals surface area contributed by atoms with E-state index < -0.39 is 35.3 Å². The fourth-order valence-electron chi connectivity index (χ4n) is 1.80. The van der Waals surface area contributed by atoms with Gasteiger partial charge in [-0.2, -0.15) is 13.2 Å². The molecule has 21 heavy (non-hydrogen) atoms. The number of alkyl halides is 3. The summed E-state index contributed by atoms with van der Waals surface area (Å²) in [5.74, 6) is -1.96. The maximum Gasteiger partial charge on any atom is 0.418 e. The number of amides is 2. The Hall–Kier alpha value is -2.25. The van der Waals surface area contributed by atoms with Gasteiger partial charge in [-0.25, -0.2) is 0 Å². The summed E-state index contributed by atoms with van der Waals surface area (Å²) in [6.45, 7) is 3.29. The third kappa shape index (κ3) is 3.87. The van der Waals surface area contributed by atoms with E-state index in [2.05, 4.69) is 5.32 Å². The van der Waals surface area contributed by atoms with E-state index in [4.69, 9.17) is 11.5 Å². The van der Waals surface area contributed by atoms with Crippen molar-refractivity contribution in [3.63, 3.8) is 0 Å². The molecule has 1 aromatic carbocycles. The second-order valence-corrected chi connectivity index (χ2v) is 4.86. The molecule has 0 aromatic heterocycles. The Morgan fingerprint density at radius 1 is 1.24 bits per heavy atom. The van der Waals surface area contributed by atoms with Gasteiger partial charge in [0.2, 0.25) is 5.91 Å². The Balaban J connectivity index is 3.12. The zero-order valence-corrected chi connectivity index (χ0v) is 11.5. The molecule has 1 unspecified atom stereocenters. The smallest absolute Gasteiger partial charge is 0.398 e. The molecule has 1 atom stereocenters. The van der Waals surface area contributed by atoms with Crippen molar-refractivity contribution in [2.45, 2.75) is 26.1 Å². The fraction of sp³-hybridized carbons (Fsp3) is 0.385. The van der Waals surface area contributed by atoms with Gasteiger partial charge in [0.1, 0.15) is 6.04 Å². The summed E-state index contributed by atoms with van der Waals surface area (Å²) < 4.78 is 38.2. The number of para-hydroxylation sites is 1. The summed E-state index contributed by atoms with van der Waals surface area (Å²) >= 11 is 0. The van der Waals surface area contributed by atoms with Crippen molar-refractivity contribution in [3.8, 4) is 0 Å². The lowest BCUT2D eigenvalue weighted by molar-refractivity contribution is -0.137. The van der Waals surface area contributed by atoms with Crippen molar-refractivity contribution in [2.24, 2.45) is 11.7 Å². The fourth-order valence-corrected chi connectivity index (χ4v) is 1.80. The molecule has 2 amide bonds. The van der Waals surface area contributed by atoms with Crippen LogP contribution in [0.2, 0.25) is 0 Å². The number of anilines is 1. The Morgan fingerprint density at radius 2 is 1.81 bits per heavy atom. The van der Waals surface area contributed by atoms with E-state index in [-0.39, 0.29) is 11.5 Å². The molecule has 0 radical (unpaired) electrons. The van der Waals surface area contributed by atoms with Crippen LogP contribution < -0.4 is 16.8 Å². The van der Waals surface area contributed by atoms with Crippen molar-refractivity contribution in [1.29, 1.82) is 0 Å². The number of halogens is 3. The summed E-state index contributed by atoms with van der Waals surface area (Å²) in [6.07, 6.45) is -4.67. The molecule has 0 aliphatic heterocycles. The Morgan fingerprint density at radius 3 is 2.24 bits per heavy atom. The molecule has 1 aromatic rings. The largest absolute Gasteiger partial charge is 0.418 e. The number of rotatable bonds is 4. The van der Waals surface area contributed by atoms with E-state index >= 15 is 0 Å². The number of hydrogen-bond donors (Lipinski definition) is 3. The lowest BCUT2D eigenvalue weighted by atomic mass is 10.0. The topological polar surface area (TPSA) is 98.2 Å². The van der Waals surface area contributed by atoms with Crippen LogP contribution in [0.4, 0.5) is 18.9 Å². The summed E-state index contributed by atoms with van der Waals surface area (Å²) in [5, 5.41) is 2.29. The van der Waals surface area contributed by atoms with Gasteiger partial charge in [0.15, 0.2) is 0 Å². The van der Waals surface area contributed by atoms with Crippen molar-refractivity contribution in [2.75, 3.05) is 5.73 Å². The maximum atomic E-state index is 12.7. The zero-order valence-electron chi connectivity index (χ0n) is 11.5. The summed E-state index contributed by atoms with van der Waals surface area (Å²) in [4.78, 5) is 23.2. The van der Waals surface area contributed by atoms with Crippen molar-refractivity contribution in [1.82, 2.24) is 5.32 Å².